The number of rotatable bonds is 3. The van der Waals surface area contributed by atoms with Gasteiger partial charge in [-0.3, -0.25) is 4.79 Å². The van der Waals surface area contributed by atoms with Crippen LogP contribution in [0, 0.1) is 29.3 Å². The summed E-state index contributed by atoms with van der Waals surface area (Å²) in [4.78, 5) is 11.8. The van der Waals surface area contributed by atoms with Crippen molar-refractivity contribution in [3.8, 4) is 0 Å². The molecule has 0 bridgehead atoms. The largest absolute Gasteiger partial charge is 0.366 e. The fraction of sp³-hybridized carbons (Fsp3) is 0.0500. The third-order valence-electron chi connectivity index (χ3n) is 4.48. The fourth-order valence-electron chi connectivity index (χ4n) is 3.28. The van der Waals surface area contributed by atoms with Gasteiger partial charge in [-0.05, 0) is 42.5 Å². The average molecular weight is 371 g/mol. The Balaban J connectivity index is 2.08. The quantitative estimate of drug-likeness (QED) is 0.424. The van der Waals surface area contributed by atoms with Crippen LogP contribution in [0.1, 0.15) is 15.9 Å². The van der Waals surface area contributed by atoms with Crippen molar-refractivity contribution in [2.75, 3.05) is 0 Å². The van der Waals surface area contributed by atoms with Gasteiger partial charge in [0.1, 0.15) is 11.6 Å². The molecule has 0 saturated carbocycles. The molecular formula is C20H11F4N2O. The van der Waals surface area contributed by atoms with Crippen LogP contribution >= 0.6 is 0 Å². The summed E-state index contributed by atoms with van der Waals surface area (Å²) in [5.41, 5.74) is 5.73. The molecule has 4 aromatic rings. The highest BCUT2D eigenvalue weighted by atomic mass is 19.2. The Labute approximate surface area is 150 Å². The van der Waals surface area contributed by atoms with Gasteiger partial charge in [-0.25, -0.2) is 17.6 Å². The van der Waals surface area contributed by atoms with Gasteiger partial charge in [0.15, 0.2) is 11.6 Å². The highest BCUT2D eigenvalue weighted by Crippen LogP contribution is 2.33. The number of nitrogens with two attached hydrogens (primary N) is 1. The van der Waals surface area contributed by atoms with Crippen molar-refractivity contribution in [3.05, 3.63) is 82.9 Å². The summed E-state index contributed by atoms with van der Waals surface area (Å²) in [5.74, 6) is -4.78. The van der Waals surface area contributed by atoms with Crippen LogP contribution < -0.4 is 5.73 Å². The van der Waals surface area contributed by atoms with Gasteiger partial charge in [-0.2, -0.15) is 0 Å². The predicted molar refractivity (Wildman–Crippen MR) is 92.2 cm³/mol. The first-order valence-corrected chi connectivity index (χ1v) is 7.93. The van der Waals surface area contributed by atoms with E-state index in [4.69, 9.17) is 5.73 Å². The van der Waals surface area contributed by atoms with Gasteiger partial charge in [0.2, 0.25) is 5.91 Å². The summed E-state index contributed by atoms with van der Waals surface area (Å²) in [6.07, 6.45) is 0. The highest BCUT2D eigenvalue weighted by molar-refractivity contribution is 6.17. The number of carbonyl (C=O) groups is 1. The Morgan fingerprint density at radius 2 is 1.78 bits per heavy atom. The van der Waals surface area contributed by atoms with Crippen molar-refractivity contribution >= 4 is 27.7 Å². The number of fused-ring (bicyclic) bond motifs is 3. The van der Waals surface area contributed by atoms with Crippen LogP contribution in [-0.2, 0) is 6.54 Å². The van der Waals surface area contributed by atoms with Crippen LogP contribution in [0.25, 0.3) is 21.8 Å². The minimum Gasteiger partial charge on any atom is -0.366 e. The zero-order valence-electron chi connectivity index (χ0n) is 13.7. The van der Waals surface area contributed by atoms with Gasteiger partial charge in [0, 0.05) is 21.9 Å². The maximum Gasteiger partial charge on any atom is 0.249 e. The molecule has 1 radical (unpaired) electrons. The molecule has 7 heteroatoms. The predicted octanol–water partition coefficient (Wildman–Crippen LogP) is 4.30. The summed E-state index contributed by atoms with van der Waals surface area (Å²) < 4.78 is 57.1. The first kappa shape index (κ1) is 17.1. The summed E-state index contributed by atoms with van der Waals surface area (Å²) in [5, 5.41) is 0.759. The molecule has 135 valence electrons. The summed E-state index contributed by atoms with van der Waals surface area (Å²) in [6, 6.07) is 11.1. The van der Waals surface area contributed by atoms with E-state index < -0.39 is 41.3 Å². The Morgan fingerprint density at radius 1 is 1.04 bits per heavy atom. The minimum atomic E-state index is -1.32. The van der Waals surface area contributed by atoms with E-state index in [1.54, 1.807) is 12.1 Å². The molecule has 2 N–H and O–H groups in total. The lowest BCUT2D eigenvalue weighted by molar-refractivity contribution is 0.100. The van der Waals surface area contributed by atoms with Crippen LogP contribution in [-0.4, -0.2) is 10.5 Å². The first-order chi connectivity index (χ1) is 12.9. The normalized spacial score (nSPS) is 11.4. The van der Waals surface area contributed by atoms with Crippen molar-refractivity contribution in [1.29, 1.82) is 0 Å². The smallest absolute Gasteiger partial charge is 0.249 e. The maximum absolute atomic E-state index is 14.2. The molecule has 0 atom stereocenters. The van der Waals surface area contributed by atoms with E-state index in [0.29, 0.717) is 22.4 Å². The molecule has 3 aromatic carbocycles. The lowest BCUT2D eigenvalue weighted by Gasteiger charge is -2.10. The molecule has 0 aliphatic heterocycles. The standard InChI is InChI=1S/C20H11F4N2O/c21-10-4-5-11-17(8-10)26(9-13-14(22)6-7-15(23)19(13)24)16-3-1-2-12(18(11)16)20(25)27/h1-4,6-8H,9H2,(H2,25,27). The number of aromatic nitrogens is 1. The maximum atomic E-state index is 14.2. The fourth-order valence-corrected chi connectivity index (χ4v) is 3.28. The van der Waals surface area contributed by atoms with Gasteiger partial charge in [-0.1, -0.05) is 6.07 Å². The number of benzene rings is 3. The van der Waals surface area contributed by atoms with E-state index in [0.717, 1.165) is 18.2 Å². The van der Waals surface area contributed by atoms with Crippen molar-refractivity contribution in [2.45, 2.75) is 6.54 Å². The van der Waals surface area contributed by atoms with Crippen LogP contribution in [0.5, 0.6) is 0 Å². The molecule has 27 heavy (non-hydrogen) atoms. The minimum absolute atomic E-state index is 0.166. The van der Waals surface area contributed by atoms with E-state index in [-0.39, 0.29) is 11.1 Å². The molecule has 0 spiro atoms. The number of amides is 1. The number of nitrogens with zero attached hydrogens (tertiary/aromatic N) is 1. The van der Waals surface area contributed by atoms with E-state index >= 15 is 0 Å². The van der Waals surface area contributed by atoms with Crippen LogP contribution in [0.2, 0.25) is 0 Å². The lowest BCUT2D eigenvalue weighted by atomic mass is 10.1. The van der Waals surface area contributed by atoms with Crippen LogP contribution in [0.3, 0.4) is 0 Å². The van der Waals surface area contributed by atoms with Gasteiger partial charge in [-0.15, -0.1) is 0 Å². The molecule has 1 heterocycles. The summed E-state index contributed by atoms with van der Waals surface area (Å²) in [6.45, 7) is -0.408. The lowest BCUT2D eigenvalue weighted by Crippen LogP contribution is -2.11. The monoisotopic (exact) mass is 371 g/mol. The number of halogens is 4. The highest BCUT2D eigenvalue weighted by Gasteiger charge is 2.20. The van der Waals surface area contributed by atoms with Crippen molar-refractivity contribution in [2.24, 2.45) is 5.73 Å². The SMILES string of the molecule is NC(=O)c1cccc2c1c1[c]cc(F)cc1n2Cc1c(F)ccc(F)c1F. The zero-order chi connectivity index (χ0) is 19.3. The Bertz CT molecular complexity index is 1230. The summed E-state index contributed by atoms with van der Waals surface area (Å²) >= 11 is 0. The van der Waals surface area contributed by atoms with Crippen LogP contribution in [0.4, 0.5) is 17.6 Å². The molecule has 0 fully saturated rings. The van der Waals surface area contributed by atoms with Gasteiger partial charge in [0.25, 0.3) is 0 Å². The third kappa shape index (κ3) is 2.63. The molecule has 3 nitrogen and oxygen atoms in total. The molecule has 1 aromatic heterocycles. The topological polar surface area (TPSA) is 48.0 Å². The Kier molecular flexibility index (Phi) is 3.87. The second kappa shape index (κ2) is 6.12. The average Bonchev–Trinajstić information content (AvgIpc) is 2.94. The third-order valence-corrected chi connectivity index (χ3v) is 4.48. The van der Waals surface area contributed by atoms with Crippen molar-refractivity contribution < 1.29 is 22.4 Å². The van der Waals surface area contributed by atoms with E-state index in [9.17, 15) is 22.4 Å². The Morgan fingerprint density at radius 3 is 2.52 bits per heavy atom. The molecule has 0 saturated heterocycles. The molecular weight excluding hydrogens is 360 g/mol. The molecule has 0 unspecified atom stereocenters. The Hall–Kier alpha value is -3.35. The molecule has 0 aliphatic carbocycles. The number of primary amides is 1. The number of carbonyl (C=O) groups excluding carboxylic acids is 1. The van der Waals surface area contributed by atoms with Gasteiger partial charge < -0.3 is 10.3 Å². The van der Waals surface area contributed by atoms with Crippen molar-refractivity contribution in [1.82, 2.24) is 4.57 Å². The molecule has 0 aliphatic rings. The zero-order valence-corrected chi connectivity index (χ0v) is 13.7. The van der Waals surface area contributed by atoms with Crippen LogP contribution in [0.15, 0.2) is 42.5 Å². The van der Waals surface area contributed by atoms with Gasteiger partial charge in [0.05, 0.1) is 17.6 Å². The van der Waals surface area contributed by atoms with E-state index in [1.807, 2.05) is 0 Å². The second-order valence-electron chi connectivity index (χ2n) is 6.05. The summed E-state index contributed by atoms with van der Waals surface area (Å²) in [7, 11) is 0. The second-order valence-corrected chi connectivity index (χ2v) is 6.05. The molecule has 1 amide bonds. The number of hydrogen-bond acceptors (Lipinski definition) is 1. The first-order valence-electron chi connectivity index (χ1n) is 7.93. The number of hydrogen-bond donors (Lipinski definition) is 1. The molecule has 4 rings (SSSR count). The van der Waals surface area contributed by atoms with Crippen molar-refractivity contribution in [3.63, 3.8) is 0 Å². The van der Waals surface area contributed by atoms with E-state index in [2.05, 4.69) is 6.07 Å². The van der Waals surface area contributed by atoms with Gasteiger partial charge >= 0.3 is 0 Å². The van der Waals surface area contributed by atoms with E-state index in [1.165, 1.54) is 10.6 Å².